The summed E-state index contributed by atoms with van der Waals surface area (Å²) in [5.41, 5.74) is 1.77. The average molecular weight is 220 g/mol. The maximum atomic E-state index is 9.08. The zero-order valence-electron chi connectivity index (χ0n) is 10.3. The van der Waals surface area contributed by atoms with E-state index in [9.17, 15) is 0 Å². The van der Waals surface area contributed by atoms with E-state index in [1.165, 1.54) is 0 Å². The van der Waals surface area contributed by atoms with Gasteiger partial charge in [-0.05, 0) is 32.9 Å². The maximum absolute atomic E-state index is 9.08. The maximum Gasteiger partial charge on any atom is 0.0853 e. The molecule has 3 heteroatoms. The van der Waals surface area contributed by atoms with E-state index >= 15 is 0 Å². The minimum Gasteiger partial charge on any atom is -0.390 e. The summed E-state index contributed by atoms with van der Waals surface area (Å²) in [5.74, 6) is 0. The van der Waals surface area contributed by atoms with Crippen LogP contribution in [0.25, 0.3) is 0 Å². The molecule has 0 fully saturated rings. The molecule has 0 bridgehead atoms. The molecule has 0 spiro atoms. The molecule has 0 aliphatic carbocycles. The Bertz CT molecular complexity index is 355. The van der Waals surface area contributed by atoms with Crippen LogP contribution in [0.2, 0.25) is 0 Å². The SMILES string of the molecule is C=CCN(c1ccnc(CO)c1)C(C)(C)C. The molecule has 1 aromatic rings. The van der Waals surface area contributed by atoms with Crippen LogP contribution in [0.4, 0.5) is 5.69 Å². The van der Waals surface area contributed by atoms with Gasteiger partial charge in [-0.3, -0.25) is 4.98 Å². The van der Waals surface area contributed by atoms with E-state index in [4.69, 9.17) is 5.11 Å². The molecular weight excluding hydrogens is 200 g/mol. The molecule has 1 heterocycles. The molecular formula is C13H20N2O. The minimum atomic E-state index is -0.0279. The molecule has 3 nitrogen and oxygen atoms in total. The number of hydrogen-bond acceptors (Lipinski definition) is 3. The van der Waals surface area contributed by atoms with Crippen molar-refractivity contribution in [1.82, 2.24) is 4.98 Å². The number of aliphatic hydroxyl groups excluding tert-OH is 1. The van der Waals surface area contributed by atoms with Crippen molar-refractivity contribution in [3.63, 3.8) is 0 Å². The lowest BCUT2D eigenvalue weighted by Gasteiger charge is -2.37. The highest BCUT2D eigenvalue weighted by Crippen LogP contribution is 2.23. The van der Waals surface area contributed by atoms with Gasteiger partial charge in [0, 0.05) is 24.0 Å². The van der Waals surface area contributed by atoms with Gasteiger partial charge in [0.1, 0.15) is 0 Å². The largest absolute Gasteiger partial charge is 0.390 e. The highest BCUT2D eigenvalue weighted by Gasteiger charge is 2.20. The molecule has 88 valence electrons. The molecule has 0 unspecified atom stereocenters. The Hall–Kier alpha value is -1.35. The fourth-order valence-electron chi connectivity index (χ4n) is 1.62. The van der Waals surface area contributed by atoms with Gasteiger partial charge >= 0.3 is 0 Å². The monoisotopic (exact) mass is 220 g/mol. The van der Waals surface area contributed by atoms with E-state index in [1.807, 2.05) is 18.2 Å². The van der Waals surface area contributed by atoms with Gasteiger partial charge in [0.05, 0.1) is 12.3 Å². The van der Waals surface area contributed by atoms with Crippen molar-refractivity contribution in [2.75, 3.05) is 11.4 Å². The Kier molecular flexibility index (Phi) is 4.07. The van der Waals surface area contributed by atoms with Gasteiger partial charge in [0.15, 0.2) is 0 Å². The topological polar surface area (TPSA) is 36.4 Å². The number of anilines is 1. The molecule has 16 heavy (non-hydrogen) atoms. The molecule has 1 rings (SSSR count). The van der Waals surface area contributed by atoms with Gasteiger partial charge in [-0.1, -0.05) is 6.08 Å². The molecule has 0 aliphatic heterocycles. The first-order valence-electron chi connectivity index (χ1n) is 5.43. The lowest BCUT2D eigenvalue weighted by Crippen LogP contribution is -2.41. The number of hydrogen-bond donors (Lipinski definition) is 1. The third-order valence-electron chi connectivity index (χ3n) is 2.40. The molecule has 0 aliphatic rings. The van der Waals surface area contributed by atoms with Crippen LogP contribution in [0.5, 0.6) is 0 Å². The summed E-state index contributed by atoms with van der Waals surface area (Å²) in [6.45, 7) is 11.0. The van der Waals surface area contributed by atoms with Crippen LogP contribution >= 0.6 is 0 Å². The van der Waals surface area contributed by atoms with Crippen LogP contribution in [-0.4, -0.2) is 22.2 Å². The molecule has 0 aromatic carbocycles. The minimum absolute atomic E-state index is 0.0161. The second-order valence-electron chi connectivity index (χ2n) is 4.73. The van der Waals surface area contributed by atoms with Crippen LogP contribution < -0.4 is 4.90 Å². The summed E-state index contributed by atoms with van der Waals surface area (Å²) in [5, 5.41) is 9.08. The van der Waals surface area contributed by atoms with Crippen molar-refractivity contribution in [1.29, 1.82) is 0 Å². The molecule has 0 atom stereocenters. The second kappa shape index (κ2) is 5.12. The predicted molar refractivity (Wildman–Crippen MR) is 67.5 cm³/mol. The predicted octanol–water partition coefficient (Wildman–Crippen LogP) is 2.36. The van der Waals surface area contributed by atoms with Crippen molar-refractivity contribution in [2.45, 2.75) is 32.9 Å². The Balaban J connectivity index is 3.05. The van der Waals surface area contributed by atoms with E-state index in [1.54, 1.807) is 6.20 Å². The lowest BCUT2D eigenvalue weighted by molar-refractivity contribution is 0.277. The van der Waals surface area contributed by atoms with Crippen LogP contribution in [0.15, 0.2) is 31.0 Å². The third kappa shape index (κ3) is 3.07. The second-order valence-corrected chi connectivity index (χ2v) is 4.73. The van der Waals surface area contributed by atoms with Gasteiger partial charge in [-0.2, -0.15) is 0 Å². The smallest absolute Gasteiger partial charge is 0.0853 e. The number of aromatic nitrogens is 1. The fourth-order valence-corrected chi connectivity index (χ4v) is 1.62. The van der Waals surface area contributed by atoms with E-state index in [-0.39, 0.29) is 12.1 Å². The standard InChI is InChI=1S/C13H20N2O/c1-5-8-15(13(2,3)4)12-6-7-14-11(9-12)10-16/h5-7,9,16H,1,8,10H2,2-4H3. The van der Waals surface area contributed by atoms with E-state index < -0.39 is 0 Å². The number of aliphatic hydroxyl groups is 1. The van der Waals surface area contributed by atoms with Gasteiger partial charge < -0.3 is 10.0 Å². The van der Waals surface area contributed by atoms with E-state index in [0.29, 0.717) is 5.69 Å². The fraction of sp³-hybridized carbons (Fsp3) is 0.462. The van der Waals surface area contributed by atoms with Gasteiger partial charge in [-0.15, -0.1) is 6.58 Å². The molecule has 1 N–H and O–H groups in total. The first-order valence-corrected chi connectivity index (χ1v) is 5.43. The van der Waals surface area contributed by atoms with Crippen molar-refractivity contribution in [3.8, 4) is 0 Å². The summed E-state index contributed by atoms with van der Waals surface area (Å²) < 4.78 is 0. The molecule has 1 aromatic heterocycles. The van der Waals surface area contributed by atoms with Crippen molar-refractivity contribution in [2.24, 2.45) is 0 Å². The third-order valence-corrected chi connectivity index (χ3v) is 2.40. The molecule has 0 saturated heterocycles. The highest BCUT2D eigenvalue weighted by atomic mass is 16.3. The summed E-state index contributed by atoms with van der Waals surface area (Å²) in [6, 6.07) is 3.86. The van der Waals surface area contributed by atoms with Crippen LogP contribution in [-0.2, 0) is 6.61 Å². The van der Waals surface area contributed by atoms with Crippen LogP contribution in [0, 0.1) is 0 Å². The molecule has 0 saturated carbocycles. The van der Waals surface area contributed by atoms with Gasteiger partial charge in [0.2, 0.25) is 0 Å². The first-order chi connectivity index (χ1) is 7.49. The normalized spacial score (nSPS) is 11.2. The van der Waals surface area contributed by atoms with Crippen molar-refractivity contribution >= 4 is 5.69 Å². The van der Waals surface area contributed by atoms with Gasteiger partial charge in [-0.25, -0.2) is 0 Å². The van der Waals surface area contributed by atoms with Gasteiger partial charge in [0.25, 0.3) is 0 Å². The van der Waals surface area contributed by atoms with E-state index in [0.717, 1.165) is 12.2 Å². The van der Waals surface area contributed by atoms with Crippen molar-refractivity contribution < 1.29 is 5.11 Å². The first kappa shape index (κ1) is 12.7. The Morgan fingerprint density at radius 2 is 2.19 bits per heavy atom. The Labute approximate surface area is 97.4 Å². The Morgan fingerprint density at radius 1 is 1.50 bits per heavy atom. The summed E-state index contributed by atoms with van der Waals surface area (Å²) in [6.07, 6.45) is 3.60. The molecule has 0 amide bonds. The summed E-state index contributed by atoms with van der Waals surface area (Å²) in [4.78, 5) is 6.30. The lowest BCUT2D eigenvalue weighted by atomic mass is 10.0. The zero-order chi connectivity index (χ0) is 12.2. The molecule has 0 radical (unpaired) electrons. The van der Waals surface area contributed by atoms with Crippen molar-refractivity contribution in [3.05, 3.63) is 36.7 Å². The Morgan fingerprint density at radius 3 is 2.69 bits per heavy atom. The quantitative estimate of drug-likeness (QED) is 0.791. The highest BCUT2D eigenvalue weighted by molar-refractivity contribution is 5.49. The number of pyridine rings is 1. The average Bonchev–Trinajstić information content (AvgIpc) is 2.24. The number of rotatable bonds is 4. The number of nitrogens with zero attached hydrogens (tertiary/aromatic N) is 2. The van der Waals surface area contributed by atoms with Crippen LogP contribution in [0.3, 0.4) is 0 Å². The van der Waals surface area contributed by atoms with Crippen LogP contribution in [0.1, 0.15) is 26.5 Å². The zero-order valence-corrected chi connectivity index (χ0v) is 10.3. The summed E-state index contributed by atoms with van der Waals surface area (Å²) >= 11 is 0. The van der Waals surface area contributed by atoms with E-state index in [2.05, 4.69) is 37.2 Å². The summed E-state index contributed by atoms with van der Waals surface area (Å²) in [7, 11) is 0.